The highest BCUT2D eigenvalue weighted by Gasteiger charge is 2.15. The van der Waals surface area contributed by atoms with Crippen LogP contribution in [0.1, 0.15) is 27.2 Å². The molecule has 0 aromatic carbocycles. The van der Waals surface area contributed by atoms with Crippen LogP contribution in [0.25, 0.3) is 0 Å². The highest BCUT2D eigenvalue weighted by Crippen LogP contribution is 2.06. The van der Waals surface area contributed by atoms with E-state index in [1.807, 2.05) is 0 Å². The Labute approximate surface area is 95.8 Å². The molecule has 0 atom stereocenters. The molecule has 0 heterocycles. The van der Waals surface area contributed by atoms with Crippen LogP contribution in [0.15, 0.2) is 12.2 Å². The van der Waals surface area contributed by atoms with Gasteiger partial charge in [0.15, 0.2) is 0 Å². The molecule has 1 amide bonds. The van der Waals surface area contributed by atoms with Crippen LogP contribution >= 0.6 is 0 Å². The van der Waals surface area contributed by atoms with E-state index in [0.29, 0.717) is 13.0 Å². The summed E-state index contributed by atoms with van der Waals surface area (Å²) in [6.45, 7) is 5.81. The van der Waals surface area contributed by atoms with E-state index in [4.69, 9.17) is 4.74 Å². The summed E-state index contributed by atoms with van der Waals surface area (Å²) < 4.78 is 9.43. The van der Waals surface area contributed by atoms with Crippen molar-refractivity contribution in [2.24, 2.45) is 0 Å². The number of carbonyl (C=O) groups is 2. The minimum atomic E-state index is -0.494. The quantitative estimate of drug-likeness (QED) is 0.452. The summed E-state index contributed by atoms with van der Waals surface area (Å²) in [4.78, 5) is 21.8. The SMILES string of the molecule is COC(=O)/C=C/CCNC(=O)OC(C)(C)C. The van der Waals surface area contributed by atoms with Crippen LogP contribution in [0.5, 0.6) is 0 Å². The van der Waals surface area contributed by atoms with Crippen molar-refractivity contribution in [1.29, 1.82) is 0 Å². The lowest BCUT2D eigenvalue weighted by atomic mass is 10.2. The van der Waals surface area contributed by atoms with Gasteiger partial charge < -0.3 is 14.8 Å². The van der Waals surface area contributed by atoms with Crippen molar-refractivity contribution in [3.8, 4) is 0 Å². The Morgan fingerprint density at radius 3 is 2.44 bits per heavy atom. The van der Waals surface area contributed by atoms with Crippen molar-refractivity contribution < 1.29 is 19.1 Å². The van der Waals surface area contributed by atoms with Crippen molar-refractivity contribution in [2.75, 3.05) is 13.7 Å². The number of hydrogen-bond acceptors (Lipinski definition) is 4. The van der Waals surface area contributed by atoms with Crippen molar-refractivity contribution >= 4 is 12.1 Å². The molecule has 16 heavy (non-hydrogen) atoms. The average molecular weight is 229 g/mol. The first-order chi connectivity index (χ1) is 7.35. The van der Waals surface area contributed by atoms with Gasteiger partial charge in [-0.15, -0.1) is 0 Å². The normalized spacial score (nSPS) is 11.2. The fourth-order valence-electron chi connectivity index (χ4n) is 0.819. The van der Waals surface area contributed by atoms with E-state index in [-0.39, 0.29) is 0 Å². The first-order valence-electron chi connectivity index (χ1n) is 5.06. The summed E-state index contributed by atoms with van der Waals surface area (Å²) in [6, 6.07) is 0. The predicted octanol–water partition coefficient (Wildman–Crippen LogP) is 1.63. The minimum Gasteiger partial charge on any atom is -0.466 e. The maximum absolute atomic E-state index is 11.2. The molecule has 0 unspecified atom stereocenters. The molecule has 0 radical (unpaired) electrons. The summed E-state index contributed by atoms with van der Waals surface area (Å²) in [5, 5.41) is 2.57. The van der Waals surface area contributed by atoms with Gasteiger partial charge in [-0.05, 0) is 27.2 Å². The van der Waals surface area contributed by atoms with E-state index in [0.717, 1.165) is 0 Å². The van der Waals surface area contributed by atoms with Crippen molar-refractivity contribution in [3.05, 3.63) is 12.2 Å². The zero-order valence-electron chi connectivity index (χ0n) is 10.2. The van der Waals surface area contributed by atoms with Crippen molar-refractivity contribution in [1.82, 2.24) is 5.32 Å². The first kappa shape index (κ1) is 14.5. The summed E-state index contributed by atoms with van der Waals surface area (Å²) in [7, 11) is 1.31. The molecule has 5 nitrogen and oxygen atoms in total. The standard InChI is InChI=1S/C11H19NO4/c1-11(2,3)16-10(14)12-8-6-5-7-9(13)15-4/h5,7H,6,8H2,1-4H3,(H,12,14)/b7-5+. The maximum atomic E-state index is 11.2. The van der Waals surface area contributed by atoms with Gasteiger partial charge in [0.1, 0.15) is 5.60 Å². The Kier molecular flexibility index (Phi) is 6.22. The molecular formula is C11H19NO4. The van der Waals surface area contributed by atoms with Gasteiger partial charge >= 0.3 is 12.1 Å². The largest absolute Gasteiger partial charge is 0.466 e. The van der Waals surface area contributed by atoms with Crippen LogP contribution in [0.3, 0.4) is 0 Å². The third-order valence-corrected chi connectivity index (χ3v) is 1.43. The zero-order chi connectivity index (χ0) is 12.6. The number of rotatable bonds is 4. The van der Waals surface area contributed by atoms with Crippen LogP contribution in [0, 0.1) is 0 Å². The van der Waals surface area contributed by atoms with Gasteiger partial charge in [0, 0.05) is 12.6 Å². The topological polar surface area (TPSA) is 64.6 Å². The number of carbonyl (C=O) groups excluding carboxylic acids is 2. The third-order valence-electron chi connectivity index (χ3n) is 1.43. The van der Waals surface area contributed by atoms with E-state index >= 15 is 0 Å². The number of hydrogen-bond donors (Lipinski definition) is 1. The summed E-state index contributed by atoms with van der Waals surface area (Å²) in [5.74, 6) is -0.405. The molecule has 0 bridgehead atoms. The Balaban J connectivity index is 3.64. The minimum absolute atomic E-state index is 0.405. The molecule has 1 N–H and O–H groups in total. The highest BCUT2D eigenvalue weighted by atomic mass is 16.6. The zero-order valence-corrected chi connectivity index (χ0v) is 10.2. The maximum Gasteiger partial charge on any atom is 0.407 e. The molecule has 0 fully saturated rings. The van der Waals surface area contributed by atoms with E-state index in [1.54, 1.807) is 26.8 Å². The van der Waals surface area contributed by atoms with Gasteiger partial charge in [-0.1, -0.05) is 6.08 Å². The van der Waals surface area contributed by atoms with E-state index in [2.05, 4.69) is 10.1 Å². The lowest BCUT2D eigenvalue weighted by Gasteiger charge is -2.19. The monoisotopic (exact) mass is 229 g/mol. The number of methoxy groups -OCH3 is 1. The van der Waals surface area contributed by atoms with Crippen LogP contribution < -0.4 is 5.32 Å². The van der Waals surface area contributed by atoms with Gasteiger partial charge in [-0.3, -0.25) is 0 Å². The van der Waals surface area contributed by atoms with Gasteiger partial charge in [-0.25, -0.2) is 9.59 Å². The number of esters is 1. The Morgan fingerprint density at radius 1 is 1.31 bits per heavy atom. The molecule has 0 saturated carbocycles. The molecule has 0 saturated heterocycles. The van der Waals surface area contributed by atoms with Crippen LogP contribution in [-0.4, -0.2) is 31.3 Å². The fourth-order valence-corrected chi connectivity index (χ4v) is 0.819. The number of ether oxygens (including phenoxy) is 2. The second kappa shape index (κ2) is 6.87. The lowest BCUT2D eigenvalue weighted by Crippen LogP contribution is -2.32. The Hall–Kier alpha value is -1.52. The van der Waals surface area contributed by atoms with Crippen LogP contribution in [0.4, 0.5) is 4.79 Å². The molecule has 0 rings (SSSR count). The van der Waals surface area contributed by atoms with E-state index < -0.39 is 17.7 Å². The smallest absolute Gasteiger partial charge is 0.407 e. The molecule has 0 spiro atoms. The Bertz CT molecular complexity index is 266. The van der Waals surface area contributed by atoms with Gasteiger partial charge in [0.25, 0.3) is 0 Å². The molecule has 0 aromatic rings. The molecule has 0 aromatic heterocycles. The van der Waals surface area contributed by atoms with Crippen molar-refractivity contribution in [3.63, 3.8) is 0 Å². The predicted molar refractivity (Wildman–Crippen MR) is 60.0 cm³/mol. The van der Waals surface area contributed by atoms with Gasteiger partial charge in [-0.2, -0.15) is 0 Å². The Morgan fingerprint density at radius 2 is 1.94 bits per heavy atom. The van der Waals surface area contributed by atoms with Crippen LogP contribution in [-0.2, 0) is 14.3 Å². The number of alkyl carbamates (subject to hydrolysis) is 1. The molecular weight excluding hydrogens is 210 g/mol. The summed E-state index contributed by atoms with van der Waals surface area (Å²) in [6.07, 6.45) is 3.04. The first-order valence-corrected chi connectivity index (χ1v) is 5.06. The molecule has 0 aliphatic carbocycles. The molecule has 92 valence electrons. The second-order valence-corrected chi connectivity index (χ2v) is 4.14. The number of nitrogens with one attached hydrogen (secondary N) is 1. The lowest BCUT2D eigenvalue weighted by molar-refractivity contribution is -0.134. The fraction of sp³-hybridized carbons (Fsp3) is 0.636. The van der Waals surface area contributed by atoms with Gasteiger partial charge in [0.2, 0.25) is 0 Å². The molecule has 0 aliphatic heterocycles. The average Bonchev–Trinajstić information content (AvgIpc) is 2.14. The van der Waals surface area contributed by atoms with E-state index in [1.165, 1.54) is 13.2 Å². The van der Waals surface area contributed by atoms with Crippen molar-refractivity contribution in [2.45, 2.75) is 32.8 Å². The molecule has 0 aliphatic rings. The highest BCUT2D eigenvalue weighted by molar-refractivity contribution is 5.81. The van der Waals surface area contributed by atoms with Gasteiger partial charge in [0.05, 0.1) is 7.11 Å². The summed E-state index contributed by atoms with van der Waals surface area (Å²) >= 11 is 0. The van der Waals surface area contributed by atoms with Crippen LogP contribution in [0.2, 0.25) is 0 Å². The van der Waals surface area contributed by atoms with E-state index in [9.17, 15) is 9.59 Å². The second-order valence-electron chi connectivity index (χ2n) is 4.14. The number of amides is 1. The third kappa shape index (κ3) is 9.05. The summed E-state index contributed by atoms with van der Waals surface area (Å²) in [5.41, 5.74) is -0.494. The molecule has 5 heteroatoms.